The molecule has 2 atom stereocenters. The summed E-state index contributed by atoms with van der Waals surface area (Å²) in [5.41, 5.74) is -1.30. The molecule has 1 aromatic carbocycles. The quantitative estimate of drug-likeness (QED) is 0.832. The van der Waals surface area contributed by atoms with Gasteiger partial charge in [0.15, 0.2) is 0 Å². The number of sulfonamides is 1. The van der Waals surface area contributed by atoms with Gasteiger partial charge in [-0.15, -0.1) is 0 Å². The van der Waals surface area contributed by atoms with Gasteiger partial charge in [0.1, 0.15) is 10.7 Å². The predicted octanol–water partition coefficient (Wildman–Crippen LogP) is 2.72. The van der Waals surface area contributed by atoms with Gasteiger partial charge in [-0.05, 0) is 38.0 Å². The third-order valence-electron chi connectivity index (χ3n) is 4.09. The number of piperidine rings is 1. The Labute approximate surface area is 135 Å². The summed E-state index contributed by atoms with van der Waals surface area (Å²) in [7, 11) is -4.44. The van der Waals surface area contributed by atoms with Gasteiger partial charge in [-0.1, -0.05) is 0 Å². The summed E-state index contributed by atoms with van der Waals surface area (Å²) in [5.74, 6) is -3.64. The molecule has 134 valence electrons. The van der Waals surface area contributed by atoms with E-state index in [2.05, 4.69) is 0 Å². The van der Waals surface area contributed by atoms with Crippen LogP contribution in [0.25, 0.3) is 0 Å². The molecule has 0 spiro atoms. The number of alkyl halides is 3. The van der Waals surface area contributed by atoms with Crippen LogP contribution in [-0.4, -0.2) is 36.4 Å². The first-order chi connectivity index (χ1) is 11.0. The van der Waals surface area contributed by atoms with Crippen molar-refractivity contribution in [3.8, 4) is 0 Å². The van der Waals surface area contributed by atoms with Crippen LogP contribution in [0.2, 0.25) is 0 Å². The van der Waals surface area contributed by atoms with E-state index in [0.29, 0.717) is 12.1 Å². The Morgan fingerprint density at radius 3 is 2.46 bits per heavy atom. The van der Waals surface area contributed by atoms with Gasteiger partial charge in [-0.2, -0.15) is 17.5 Å². The molecule has 0 radical (unpaired) electrons. The van der Waals surface area contributed by atoms with E-state index in [9.17, 15) is 30.8 Å². The fourth-order valence-electron chi connectivity index (χ4n) is 2.79. The van der Waals surface area contributed by atoms with E-state index < -0.39 is 50.4 Å². The molecule has 1 N–H and O–H groups in total. The average molecular weight is 369 g/mol. The molecule has 1 aliphatic heterocycles. The molecule has 0 amide bonds. The maximum atomic E-state index is 14.0. The fraction of sp³-hybridized carbons (Fsp3) is 0.500. The highest BCUT2D eigenvalue weighted by atomic mass is 32.2. The number of benzene rings is 1. The van der Waals surface area contributed by atoms with Crippen molar-refractivity contribution in [3.63, 3.8) is 0 Å². The summed E-state index contributed by atoms with van der Waals surface area (Å²) in [5, 5.41) is 9.12. The van der Waals surface area contributed by atoms with Gasteiger partial charge in [0.05, 0.1) is 11.5 Å². The molecule has 24 heavy (non-hydrogen) atoms. The molecule has 1 saturated heterocycles. The topological polar surface area (TPSA) is 74.7 Å². The van der Waals surface area contributed by atoms with Crippen molar-refractivity contribution in [2.75, 3.05) is 6.54 Å². The Morgan fingerprint density at radius 1 is 1.33 bits per heavy atom. The SMILES string of the molecule is C[C@@H]1[C@H](C(=O)O)CCCN1S(=O)(=O)c1ccc(C(F)(F)F)cc1F. The van der Waals surface area contributed by atoms with Crippen LogP contribution in [0.5, 0.6) is 0 Å². The number of hydrogen-bond donors (Lipinski definition) is 1. The lowest BCUT2D eigenvalue weighted by Crippen LogP contribution is -2.49. The van der Waals surface area contributed by atoms with Gasteiger partial charge in [0.2, 0.25) is 10.0 Å². The second-order valence-electron chi connectivity index (χ2n) is 5.59. The Morgan fingerprint density at radius 2 is 1.96 bits per heavy atom. The van der Waals surface area contributed by atoms with Gasteiger partial charge >= 0.3 is 12.1 Å². The van der Waals surface area contributed by atoms with E-state index >= 15 is 0 Å². The van der Waals surface area contributed by atoms with E-state index in [1.54, 1.807) is 0 Å². The third kappa shape index (κ3) is 3.39. The molecule has 0 aromatic heterocycles. The molecule has 0 bridgehead atoms. The van der Waals surface area contributed by atoms with Crippen molar-refractivity contribution in [3.05, 3.63) is 29.6 Å². The van der Waals surface area contributed by atoms with Crippen LogP contribution in [-0.2, 0) is 21.0 Å². The van der Waals surface area contributed by atoms with Crippen molar-refractivity contribution in [2.24, 2.45) is 5.92 Å². The minimum Gasteiger partial charge on any atom is -0.481 e. The van der Waals surface area contributed by atoms with E-state index in [-0.39, 0.29) is 25.5 Å². The summed E-state index contributed by atoms with van der Waals surface area (Å²) >= 11 is 0. The van der Waals surface area contributed by atoms with Crippen molar-refractivity contribution in [1.29, 1.82) is 0 Å². The van der Waals surface area contributed by atoms with Crippen LogP contribution in [0.15, 0.2) is 23.1 Å². The van der Waals surface area contributed by atoms with Crippen molar-refractivity contribution in [2.45, 2.75) is 36.9 Å². The van der Waals surface area contributed by atoms with Gasteiger partial charge in [0.25, 0.3) is 0 Å². The van der Waals surface area contributed by atoms with Gasteiger partial charge in [-0.25, -0.2) is 12.8 Å². The third-order valence-corrected chi connectivity index (χ3v) is 6.11. The normalized spacial score (nSPS) is 23.2. The lowest BCUT2D eigenvalue weighted by Gasteiger charge is -2.36. The van der Waals surface area contributed by atoms with Crippen LogP contribution < -0.4 is 0 Å². The molecule has 0 unspecified atom stereocenters. The number of rotatable bonds is 3. The van der Waals surface area contributed by atoms with Crippen LogP contribution >= 0.6 is 0 Å². The van der Waals surface area contributed by atoms with Crippen LogP contribution in [0.3, 0.4) is 0 Å². The molecule has 10 heteroatoms. The molecule has 1 aromatic rings. The summed E-state index contributed by atoms with van der Waals surface area (Å²) in [4.78, 5) is 10.3. The summed E-state index contributed by atoms with van der Waals surface area (Å²) in [6, 6.07) is 0.239. The van der Waals surface area contributed by atoms with E-state index in [1.807, 2.05) is 0 Å². The second-order valence-corrected chi connectivity index (χ2v) is 7.45. The molecule has 2 rings (SSSR count). The lowest BCUT2D eigenvalue weighted by atomic mass is 9.92. The molecule has 1 aliphatic rings. The van der Waals surface area contributed by atoms with Crippen molar-refractivity contribution < 1.29 is 35.9 Å². The first-order valence-corrected chi connectivity index (χ1v) is 8.51. The smallest absolute Gasteiger partial charge is 0.416 e. The van der Waals surface area contributed by atoms with Gasteiger partial charge < -0.3 is 5.11 Å². The Hall–Kier alpha value is -1.68. The second kappa shape index (κ2) is 6.32. The highest BCUT2D eigenvalue weighted by Gasteiger charge is 2.41. The zero-order chi connectivity index (χ0) is 18.3. The lowest BCUT2D eigenvalue weighted by molar-refractivity contribution is -0.144. The number of nitrogens with zero attached hydrogens (tertiary/aromatic N) is 1. The molecular weight excluding hydrogens is 354 g/mol. The molecule has 1 fully saturated rings. The Kier molecular flexibility index (Phi) is 4.91. The fourth-order valence-corrected chi connectivity index (χ4v) is 4.55. The summed E-state index contributed by atoms with van der Waals surface area (Å²) in [6.07, 6.45) is -4.25. The molecule has 0 saturated carbocycles. The minimum atomic E-state index is -4.80. The van der Waals surface area contributed by atoms with Gasteiger partial charge in [-0.3, -0.25) is 4.79 Å². The zero-order valence-electron chi connectivity index (χ0n) is 12.5. The van der Waals surface area contributed by atoms with Gasteiger partial charge in [0, 0.05) is 12.6 Å². The predicted molar refractivity (Wildman–Crippen MR) is 75.1 cm³/mol. The number of carboxylic acid groups (broad SMARTS) is 1. The number of carbonyl (C=O) groups is 1. The van der Waals surface area contributed by atoms with Crippen LogP contribution in [0, 0.1) is 11.7 Å². The van der Waals surface area contributed by atoms with Crippen molar-refractivity contribution >= 4 is 16.0 Å². The maximum Gasteiger partial charge on any atom is 0.416 e. The monoisotopic (exact) mass is 369 g/mol. The molecule has 0 aliphatic carbocycles. The van der Waals surface area contributed by atoms with E-state index in [4.69, 9.17) is 5.11 Å². The zero-order valence-corrected chi connectivity index (χ0v) is 13.4. The minimum absolute atomic E-state index is 0.0201. The number of hydrogen-bond acceptors (Lipinski definition) is 3. The Balaban J connectivity index is 2.42. The maximum absolute atomic E-state index is 14.0. The first kappa shape index (κ1) is 18.7. The highest BCUT2D eigenvalue weighted by molar-refractivity contribution is 7.89. The molecule has 5 nitrogen and oxygen atoms in total. The summed E-state index contributed by atoms with van der Waals surface area (Å²) in [6.45, 7) is 1.37. The largest absolute Gasteiger partial charge is 0.481 e. The van der Waals surface area contributed by atoms with E-state index in [1.165, 1.54) is 6.92 Å². The number of halogens is 4. The Bertz CT molecular complexity index is 748. The first-order valence-electron chi connectivity index (χ1n) is 7.07. The van der Waals surface area contributed by atoms with Crippen LogP contribution in [0.4, 0.5) is 17.6 Å². The highest BCUT2D eigenvalue weighted by Crippen LogP contribution is 2.34. The van der Waals surface area contributed by atoms with E-state index in [0.717, 1.165) is 4.31 Å². The number of aliphatic carboxylic acids is 1. The number of carboxylic acids is 1. The van der Waals surface area contributed by atoms with Crippen molar-refractivity contribution in [1.82, 2.24) is 4.31 Å². The molecular formula is C14H15F4NO4S. The average Bonchev–Trinajstić information content (AvgIpc) is 2.45. The standard InChI is InChI=1S/C14H15F4NO4S/c1-8-10(13(20)21)3-2-6-19(8)24(22,23)12-5-4-9(7-11(12)15)14(16,17)18/h4-5,7-8,10H,2-3,6H2,1H3,(H,20,21)/t8-,10-/m1/s1. The van der Waals surface area contributed by atoms with Crippen LogP contribution in [0.1, 0.15) is 25.3 Å². The molecule has 1 heterocycles. The summed E-state index contributed by atoms with van der Waals surface area (Å²) < 4.78 is 77.6.